The lowest BCUT2D eigenvalue weighted by molar-refractivity contribution is -0.139. The Labute approximate surface area is 246 Å². The predicted molar refractivity (Wildman–Crippen MR) is 161 cm³/mol. The number of ether oxygens (including phenoxy) is 2. The third kappa shape index (κ3) is 7.27. The zero-order valence-electron chi connectivity index (χ0n) is 23.6. The Morgan fingerprint density at radius 3 is 2.02 bits per heavy atom. The number of nitrogens with zero attached hydrogens (tertiary/aromatic N) is 2. The van der Waals surface area contributed by atoms with Crippen LogP contribution < -0.4 is 19.1 Å². The number of benzene rings is 4. The maximum Gasteiger partial charge on any atom is 0.264 e. The number of likely N-dealkylation sites (N-methyl/N-ethyl adjacent to an activating group) is 1. The molecule has 42 heavy (non-hydrogen) atoms. The number of methoxy groups -OCH3 is 1. The van der Waals surface area contributed by atoms with Crippen LogP contribution in [0.25, 0.3) is 0 Å². The monoisotopic (exact) mass is 587 g/mol. The lowest BCUT2D eigenvalue weighted by Gasteiger charge is -2.31. The van der Waals surface area contributed by atoms with E-state index in [2.05, 4.69) is 5.32 Å². The molecule has 0 aliphatic heterocycles. The van der Waals surface area contributed by atoms with Crippen LogP contribution in [0.3, 0.4) is 0 Å². The van der Waals surface area contributed by atoms with E-state index in [0.29, 0.717) is 17.2 Å². The number of sulfonamides is 1. The molecule has 0 heterocycles. The number of hydrogen-bond acceptors (Lipinski definition) is 6. The summed E-state index contributed by atoms with van der Waals surface area (Å²) >= 11 is 0. The molecule has 9 nitrogen and oxygen atoms in total. The van der Waals surface area contributed by atoms with Crippen LogP contribution in [0.5, 0.6) is 17.2 Å². The normalized spacial score (nSPS) is 11.7. The van der Waals surface area contributed by atoms with Crippen LogP contribution in [0.2, 0.25) is 0 Å². The van der Waals surface area contributed by atoms with Gasteiger partial charge in [0.05, 0.1) is 17.7 Å². The minimum atomic E-state index is -4.17. The van der Waals surface area contributed by atoms with E-state index in [9.17, 15) is 18.0 Å². The van der Waals surface area contributed by atoms with Crippen molar-refractivity contribution in [1.82, 2.24) is 10.2 Å². The van der Waals surface area contributed by atoms with Gasteiger partial charge in [-0.1, -0.05) is 48.5 Å². The SMILES string of the molecule is CNC(=O)[C@@H](C)N(Cc1cccc(OC)c1)C(=O)CN(c1ccc(Oc2ccccc2)cc1)S(=O)(=O)c1ccccc1. The van der Waals surface area contributed by atoms with E-state index in [4.69, 9.17) is 9.47 Å². The van der Waals surface area contributed by atoms with Gasteiger partial charge in [-0.25, -0.2) is 8.42 Å². The fourth-order valence-corrected chi connectivity index (χ4v) is 5.75. The third-order valence-electron chi connectivity index (χ3n) is 6.61. The van der Waals surface area contributed by atoms with Crippen molar-refractivity contribution in [3.63, 3.8) is 0 Å². The van der Waals surface area contributed by atoms with Crippen LogP contribution in [0.1, 0.15) is 12.5 Å². The van der Waals surface area contributed by atoms with E-state index in [1.165, 1.54) is 31.2 Å². The Hall–Kier alpha value is -4.83. The van der Waals surface area contributed by atoms with Gasteiger partial charge in [0.25, 0.3) is 10.0 Å². The molecule has 0 saturated carbocycles. The average molecular weight is 588 g/mol. The van der Waals surface area contributed by atoms with Gasteiger partial charge in [-0.3, -0.25) is 13.9 Å². The summed E-state index contributed by atoms with van der Waals surface area (Å²) in [5.41, 5.74) is 0.986. The van der Waals surface area contributed by atoms with Crippen LogP contribution in [-0.2, 0) is 26.2 Å². The molecule has 4 rings (SSSR count). The molecule has 0 unspecified atom stereocenters. The second kappa shape index (κ2) is 13.7. The summed E-state index contributed by atoms with van der Waals surface area (Å²) in [4.78, 5) is 28.0. The van der Waals surface area contributed by atoms with Crippen molar-refractivity contribution >= 4 is 27.5 Å². The molecule has 1 atom stereocenters. The standard InChI is InChI=1S/C32H33N3O6S/c1-24(32(37)33-2)34(22-25-11-10-14-29(21-25)40-3)31(36)23-35(42(38,39)30-15-8-5-9-16-30)26-17-19-28(20-18-26)41-27-12-6-4-7-13-27/h4-21,24H,22-23H2,1-3H3,(H,33,37)/t24-/m1/s1. The summed E-state index contributed by atoms with van der Waals surface area (Å²) in [6.45, 7) is 1.12. The first-order valence-corrected chi connectivity index (χ1v) is 14.7. The Balaban J connectivity index is 1.69. The van der Waals surface area contributed by atoms with Crippen LogP contribution in [-0.4, -0.2) is 51.9 Å². The van der Waals surface area contributed by atoms with Crippen LogP contribution in [0, 0.1) is 0 Å². The average Bonchev–Trinajstić information content (AvgIpc) is 3.03. The fraction of sp³-hybridized carbons (Fsp3) is 0.188. The third-order valence-corrected chi connectivity index (χ3v) is 8.40. The maximum absolute atomic E-state index is 13.9. The van der Waals surface area contributed by atoms with E-state index in [1.54, 1.807) is 67.6 Å². The summed E-state index contributed by atoms with van der Waals surface area (Å²) in [5, 5.41) is 2.57. The molecule has 10 heteroatoms. The molecule has 4 aromatic rings. The molecule has 0 bridgehead atoms. The van der Waals surface area contributed by atoms with Gasteiger partial charge in [0.2, 0.25) is 11.8 Å². The van der Waals surface area contributed by atoms with Gasteiger partial charge in [-0.2, -0.15) is 0 Å². The van der Waals surface area contributed by atoms with Crippen molar-refractivity contribution < 1.29 is 27.5 Å². The second-order valence-corrected chi connectivity index (χ2v) is 11.3. The molecule has 0 fully saturated rings. The highest BCUT2D eigenvalue weighted by atomic mass is 32.2. The number of carbonyl (C=O) groups excluding carboxylic acids is 2. The predicted octanol–water partition coefficient (Wildman–Crippen LogP) is 4.85. The molecule has 4 aromatic carbocycles. The molecule has 1 N–H and O–H groups in total. The molecule has 2 amide bonds. The van der Waals surface area contributed by atoms with Crippen molar-refractivity contribution in [2.24, 2.45) is 0 Å². The van der Waals surface area contributed by atoms with Gasteiger partial charge in [0, 0.05) is 13.6 Å². The zero-order valence-corrected chi connectivity index (χ0v) is 24.5. The van der Waals surface area contributed by atoms with E-state index in [-0.39, 0.29) is 23.0 Å². The number of amides is 2. The largest absolute Gasteiger partial charge is 0.497 e. The van der Waals surface area contributed by atoms with Crippen molar-refractivity contribution in [2.75, 3.05) is 25.0 Å². The number of carbonyl (C=O) groups is 2. The fourth-order valence-electron chi connectivity index (χ4n) is 4.31. The molecule has 0 spiro atoms. The van der Waals surface area contributed by atoms with E-state index < -0.39 is 28.5 Å². The summed E-state index contributed by atoms with van der Waals surface area (Å²) in [7, 11) is -1.14. The lowest BCUT2D eigenvalue weighted by atomic mass is 10.1. The van der Waals surface area contributed by atoms with Crippen LogP contribution >= 0.6 is 0 Å². The summed E-state index contributed by atoms with van der Waals surface area (Å²) < 4.78 is 40.0. The minimum absolute atomic E-state index is 0.0288. The van der Waals surface area contributed by atoms with Gasteiger partial charge in [-0.15, -0.1) is 0 Å². The van der Waals surface area contributed by atoms with Gasteiger partial charge in [-0.05, 0) is 73.2 Å². The molecular formula is C32H33N3O6S. The molecular weight excluding hydrogens is 554 g/mol. The van der Waals surface area contributed by atoms with Gasteiger partial charge in [0.15, 0.2) is 0 Å². The minimum Gasteiger partial charge on any atom is -0.497 e. The Morgan fingerprint density at radius 1 is 0.810 bits per heavy atom. The first kappa shape index (κ1) is 30.1. The van der Waals surface area contributed by atoms with Gasteiger partial charge < -0.3 is 19.7 Å². The summed E-state index contributed by atoms with van der Waals surface area (Å²) in [6.07, 6.45) is 0. The number of rotatable bonds is 12. The van der Waals surface area contributed by atoms with Gasteiger partial charge in [0.1, 0.15) is 29.8 Å². The number of nitrogens with one attached hydrogen (secondary N) is 1. The lowest BCUT2D eigenvalue weighted by Crippen LogP contribution is -2.50. The van der Waals surface area contributed by atoms with Crippen molar-refractivity contribution in [3.05, 3.63) is 115 Å². The highest BCUT2D eigenvalue weighted by molar-refractivity contribution is 7.92. The number of anilines is 1. The topological polar surface area (TPSA) is 105 Å². The highest BCUT2D eigenvalue weighted by Crippen LogP contribution is 2.28. The van der Waals surface area contributed by atoms with E-state index in [1.807, 2.05) is 36.4 Å². The van der Waals surface area contributed by atoms with Crippen LogP contribution in [0.15, 0.2) is 114 Å². The maximum atomic E-state index is 13.9. The molecule has 0 aliphatic carbocycles. The molecule has 218 valence electrons. The van der Waals surface area contributed by atoms with E-state index >= 15 is 0 Å². The molecule has 0 aromatic heterocycles. The summed E-state index contributed by atoms with van der Waals surface area (Å²) in [5.74, 6) is 0.787. The summed E-state index contributed by atoms with van der Waals surface area (Å²) in [6, 6.07) is 29.8. The molecule has 0 radical (unpaired) electrons. The Bertz CT molecular complexity index is 1600. The van der Waals surface area contributed by atoms with Crippen molar-refractivity contribution in [2.45, 2.75) is 24.4 Å². The number of hydrogen-bond donors (Lipinski definition) is 1. The Kier molecular flexibility index (Phi) is 9.82. The van der Waals surface area contributed by atoms with Crippen LogP contribution in [0.4, 0.5) is 5.69 Å². The highest BCUT2D eigenvalue weighted by Gasteiger charge is 2.32. The quantitative estimate of drug-likeness (QED) is 0.254. The number of para-hydroxylation sites is 1. The Morgan fingerprint density at radius 2 is 1.40 bits per heavy atom. The smallest absolute Gasteiger partial charge is 0.264 e. The zero-order chi connectivity index (χ0) is 30.1. The van der Waals surface area contributed by atoms with Crippen molar-refractivity contribution in [1.29, 1.82) is 0 Å². The molecule has 0 aliphatic rings. The molecule has 0 saturated heterocycles. The first-order chi connectivity index (χ1) is 20.2. The van der Waals surface area contributed by atoms with E-state index in [0.717, 1.165) is 9.87 Å². The van der Waals surface area contributed by atoms with Gasteiger partial charge >= 0.3 is 0 Å². The second-order valence-electron chi connectivity index (χ2n) is 9.40. The first-order valence-electron chi connectivity index (χ1n) is 13.3. The van der Waals surface area contributed by atoms with Crippen molar-refractivity contribution in [3.8, 4) is 17.2 Å².